The molecule has 1 saturated heterocycles. The fourth-order valence-corrected chi connectivity index (χ4v) is 4.61. The van der Waals surface area contributed by atoms with Crippen LogP contribution in [-0.2, 0) is 16.0 Å². The lowest BCUT2D eigenvalue weighted by Gasteiger charge is -2.26. The van der Waals surface area contributed by atoms with Crippen LogP contribution < -0.4 is 14.2 Å². The predicted octanol–water partition coefficient (Wildman–Crippen LogP) is 5.71. The predicted molar refractivity (Wildman–Crippen MR) is 150 cm³/mol. The lowest BCUT2D eigenvalue weighted by Crippen LogP contribution is -2.31. The van der Waals surface area contributed by atoms with Gasteiger partial charge in [-0.15, -0.1) is 0 Å². The molecule has 3 aromatic carbocycles. The smallest absolute Gasteiger partial charge is 0.295 e. The van der Waals surface area contributed by atoms with Crippen LogP contribution in [0.25, 0.3) is 5.76 Å². The Bertz CT molecular complexity index is 1350. The third kappa shape index (κ3) is 6.14. The zero-order valence-electron chi connectivity index (χ0n) is 22.3. The van der Waals surface area contributed by atoms with Gasteiger partial charge in [-0.1, -0.05) is 49.1 Å². The molecule has 0 aromatic heterocycles. The molecule has 3 aromatic rings. The Morgan fingerprint density at radius 1 is 0.923 bits per heavy atom. The summed E-state index contributed by atoms with van der Waals surface area (Å²) in [6.45, 7) is 8.93. The van der Waals surface area contributed by atoms with E-state index in [9.17, 15) is 14.7 Å². The van der Waals surface area contributed by atoms with E-state index in [1.165, 1.54) is 4.90 Å². The Balaban J connectivity index is 1.80. The highest BCUT2D eigenvalue weighted by atomic mass is 16.5. The topological polar surface area (TPSA) is 85.3 Å². The first-order valence-electron chi connectivity index (χ1n) is 13.0. The maximum Gasteiger partial charge on any atom is 0.295 e. The fraction of sp³-hybridized carbons (Fsp3) is 0.250. The van der Waals surface area contributed by atoms with Gasteiger partial charge in [0.05, 0.1) is 24.8 Å². The third-order valence-corrected chi connectivity index (χ3v) is 6.40. The molecule has 7 heteroatoms. The lowest BCUT2D eigenvalue weighted by atomic mass is 9.94. The Morgan fingerprint density at radius 3 is 2.31 bits per heavy atom. The van der Waals surface area contributed by atoms with Crippen molar-refractivity contribution in [1.82, 2.24) is 4.90 Å². The number of benzene rings is 3. The first kappa shape index (κ1) is 27.5. The molecule has 0 spiro atoms. The number of likely N-dealkylation sites (tertiary alicyclic amines) is 1. The molecule has 202 valence electrons. The summed E-state index contributed by atoms with van der Waals surface area (Å²) in [6.07, 6.45) is 2.19. The molecular weight excluding hydrogens is 494 g/mol. The number of aliphatic hydroxyl groups is 1. The molecule has 0 saturated carbocycles. The number of Topliss-reactive ketones (excluding diaryl/α,β-unsaturated/α-hetero) is 1. The van der Waals surface area contributed by atoms with Crippen LogP contribution in [0, 0.1) is 0 Å². The summed E-state index contributed by atoms with van der Waals surface area (Å²) in [5.41, 5.74) is 2.11. The SMILES string of the molecule is C=CCOc1ccc(C2C(=C(O)c3ccc(OCC)cc3)C(=O)C(=O)N2CCc2ccccc2)cc1OCC. The van der Waals surface area contributed by atoms with E-state index in [1.807, 2.05) is 44.2 Å². The summed E-state index contributed by atoms with van der Waals surface area (Å²) in [5, 5.41) is 11.4. The molecule has 1 amide bonds. The van der Waals surface area contributed by atoms with Crippen molar-refractivity contribution in [1.29, 1.82) is 0 Å². The summed E-state index contributed by atoms with van der Waals surface area (Å²) in [4.78, 5) is 28.3. The zero-order chi connectivity index (χ0) is 27.8. The maximum absolute atomic E-state index is 13.4. The number of rotatable bonds is 12. The minimum absolute atomic E-state index is 0.0272. The van der Waals surface area contributed by atoms with Gasteiger partial charge in [-0.25, -0.2) is 0 Å². The van der Waals surface area contributed by atoms with Crippen LogP contribution in [0.2, 0.25) is 0 Å². The summed E-state index contributed by atoms with van der Waals surface area (Å²) >= 11 is 0. The van der Waals surface area contributed by atoms with Crippen molar-refractivity contribution in [3.8, 4) is 17.2 Å². The van der Waals surface area contributed by atoms with Crippen LogP contribution in [0.1, 0.15) is 36.6 Å². The van der Waals surface area contributed by atoms with Gasteiger partial charge in [-0.05, 0) is 67.8 Å². The van der Waals surface area contributed by atoms with Crippen molar-refractivity contribution in [2.75, 3.05) is 26.4 Å². The van der Waals surface area contributed by atoms with Crippen LogP contribution in [0.3, 0.4) is 0 Å². The summed E-state index contributed by atoms with van der Waals surface area (Å²) in [6, 6.07) is 21.0. The second-order valence-corrected chi connectivity index (χ2v) is 8.92. The van der Waals surface area contributed by atoms with E-state index in [2.05, 4.69) is 6.58 Å². The number of nitrogens with zero attached hydrogens (tertiary/aromatic N) is 1. The number of hydrogen-bond acceptors (Lipinski definition) is 6. The molecule has 1 fully saturated rings. The summed E-state index contributed by atoms with van der Waals surface area (Å²) in [5.74, 6) is 0.0106. The quantitative estimate of drug-likeness (QED) is 0.141. The van der Waals surface area contributed by atoms with Crippen molar-refractivity contribution < 1.29 is 28.9 Å². The van der Waals surface area contributed by atoms with Gasteiger partial charge in [0.2, 0.25) is 0 Å². The van der Waals surface area contributed by atoms with Crippen LogP contribution in [0.5, 0.6) is 17.2 Å². The second kappa shape index (κ2) is 12.8. The van der Waals surface area contributed by atoms with Gasteiger partial charge in [0.25, 0.3) is 11.7 Å². The number of carbonyl (C=O) groups is 2. The average molecular weight is 528 g/mol. The zero-order valence-corrected chi connectivity index (χ0v) is 22.3. The molecule has 1 N–H and O–H groups in total. The molecular formula is C32H33NO6. The second-order valence-electron chi connectivity index (χ2n) is 8.92. The van der Waals surface area contributed by atoms with Crippen molar-refractivity contribution in [2.45, 2.75) is 26.3 Å². The van der Waals surface area contributed by atoms with Gasteiger partial charge in [-0.3, -0.25) is 9.59 Å². The number of carbonyl (C=O) groups excluding carboxylic acids is 2. The molecule has 7 nitrogen and oxygen atoms in total. The molecule has 1 aliphatic heterocycles. The van der Waals surface area contributed by atoms with Crippen molar-refractivity contribution in [2.24, 2.45) is 0 Å². The fourth-order valence-electron chi connectivity index (χ4n) is 4.61. The van der Waals surface area contributed by atoms with Crippen molar-refractivity contribution in [3.63, 3.8) is 0 Å². The molecule has 39 heavy (non-hydrogen) atoms. The van der Waals surface area contributed by atoms with E-state index in [1.54, 1.807) is 48.5 Å². The van der Waals surface area contributed by atoms with Crippen molar-refractivity contribution >= 4 is 17.4 Å². The van der Waals surface area contributed by atoms with Gasteiger partial charge in [-0.2, -0.15) is 0 Å². The van der Waals surface area contributed by atoms with Gasteiger partial charge in [0.1, 0.15) is 18.1 Å². The number of amides is 1. The standard InChI is InChI=1S/C32H33NO6/c1-4-20-39-26-17-14-24(21-27(26)38-6-3)29-28(30(34)23-12-15-25(16-13-23)37-5-2)31(35)32(36)33(29)19-18-22-10-8-7-9-11-22/h4,7-17,21,29,34H,1,5-6,18-20H2,2-3H3. The molecule has 0 bridgehead atoms. The maximum atomic E-state index is 13.4. The van der Waals surface area contributed by atoms with Gasteiger partial charge >= 0.3 is 0 Å². The Kier molecular flexibility index (Phi) is 9.05. The number of ether oxygens (including phenoxy) is 3. The van der Waals surface area contributed by atoms with Gasteiger partial charge < -0.3 is 24.2 Å². The molecule has 4 rings (SSSR count). The van der Waals surface area contributed by atoms with E-state index < -0.39 is 17.7 Å². The summed E-state index contributed by atoms with van der Waals surface area (Å²) < 4.78 is 17.1. The number of hydrogen-bond donors (Lipinski definition) is 1. The Morgan fingerprint density at radius 2 is 1.64 bits per heavy atom. The molecule has 1 atom stereocenters. The minimum Gasteiger partial charge on any atom is -0.507 e. The normalized spacial score (nSPS) is 16.3. The molecule has 1 heterocycles. The monoisotopic (exact) mass is 527 g/mol. The number of ketones is 1. The van der Waals surface area contributed by atoms with E-state index in [-0.39, 0.29) is 17.9 Å². The lowest BCUT2D eigenvalue weighted by molar-refractivity contribution is -0.139. The first-order chi connectivity index (χ1) is 19.0. The van der Waals surface area contributed by atoms with E-state index in [0.717, 1.165) is 5.56 Å². The molecule has 1 unspecified atom stereocenters. The van der Waals surface area contributed by atoms with E-state index >= 15 is 0 Å². The number of aliphatic hydroxyl groups excluding tert-OH is 1. The van der Waals surface area contributed by atoms with Crippen molar-refractivity contribution in [3.05, 3.63) is 108 Å². The van der Waals surface area contributed by atoms with E-state index in [0.29, 0.717) is 54.6 Å². The van der Waals surface area contributed by atoms with E-state index in [4.69, 9.17) is 14.2 Å². The van der Waals surface area contributed by atoms with Gasteiger partial charge in [0, 0.05) is 12.1 Å². The van der Waals surface area contributed by atoms with Crippen LogP contribution >= 0.6 is 0 Å². The first-order valence-corrected chi connectivity index (χ1v) is 13.0. The highest BCUT2D eigenvalue weighted by Crippen LogP contribution is 2.42. The highest BCUT2D eigenvalue weighted by Gasteiger charge is 2.46. The van der Waals surface area contributed by atoms with Crippen LogP contribution in [-0.4, -0.2) is 48.1 Å². The minimum atomic E-state index is -0.812. The molecule has 0 aliphatic carbocycles. The third-order valence-electron chi connectivity index (χ3n) is 6.40. The van der Waals surface area contributed by atoms with Crippen LogP contribution in [0.4, 0.5) is 0 Å². The highest BCUT2D eigenvalue weighted by molar-refractivity contribution is 6.46. The molecule has 1 aliphatic rings. The van der Waals surface area contributed by atoms with Crippen LogP contribution in [0.15, 0.2) is 91.0 Å². The molecule has 0 radical (unpaired) electrons. The Hall–Kier alpha value is -4.52. The Labute approximate surface area is 228 Å². The summed E-state index contributed by atoms with van der Waals surface area (Å²) in [7, 11) is 0. The average Bonchev–Trinajstić information content (AvgIpc) is 3.21. The van der Waals surface area contributed by atoms with Gasteiger partial charge in [0.15, 0.2) is 11.5 Å². The largest absolute Gasteiger partial charge is 0.507 e.